The molecule has 0 saturated carbocycles. The maximum absolute atomic E-state index is 13.2. The average molecular weight is 468 g/mol. The van der Waals surface area contributed by atoms with Gasteiger partial charge in [-0.05, 0) is 60.2 Å². The zero-order chi connectivity index (χ0) is 23.5. The number of rotatable bonds is 4. The predicted molar refractivity (Wildman–Crippen MR) is 132 cm³/mol. The lowest BCUT2D eigenvalue weighted by molar-refractivity contribution is 0.101. The number of anilines is 2. The summed E-state index contributed by atoms with van der Waals surface area (Å²) >= 11 is 5.93. The number of hydrogen-bond acceptors (Lipinski definition) is 4. The third-order valence-corrected chi connectivity index (χ3v) is 5.48. The fraction of sp³-hybridized carbons (Fsp3) is 0. The molecule has 1 amide bonds. The van der Waals surface area contributed by atoms with Crippen molar-refractivity contribution in [3.63, 3.8) is 0 Å². The Morgan fingerprint density at radius 1 is 0.824 bits per heavy atom. The predicted octanol–water partition coefficient (Wildman–Crippen LogP) is 7.29. The first-order valence-electron chi connectivity index (χ1n) is 10.5. The van der Waals surface area contributed by atoms with E-state index >= 15 is 0 Å². The second kappa shape index (κ2) is 9.25. The molecule has 5 rings (SSSR count). The van der Waals surface area contributed by atoms with E-state index in [9.17, 15) is 9.59 Å². The molecule has 0 N–H and O–H groups in total. The highest BCUT2D eigenvalue weighted by Gasteiger charge is 2.28. The smallest absolute Gasteiger partial charge is 0.424 e. The number of ether oxygens (including phenoxy) is 2. The van der Waals surface area contributed by atoms with Gasteiger partial charge in [-0.15, -0.1) is 0 Å². The number of ketones is 1. The lowest BCUT2D eigenvalue weighted by atomic mass is 10.1. The first-order chi connectivity index (χ1) is 16.6. The molecule has 0 radical (unpaired) electrons. The highest BCUT2D eigenvalue weighted by molar-refractivity contribution is 6.30. The van der Waals surface area contributed by atoms with Gasteiger partial charge in [0.15, 0.2) is 5.76 Å². The van der Waals surface area contributed by atoms with Gasteiger partial charge in [0, 0.05) is 11.1 Å². The van der Waals surface area contributed by atoms with Crippen molar-refractivity contribution in [1.29, 1.82) is 0 Å². The number of halogens is 1. The first-order valence-corrected chi connectivity index (χ1v) is 10.9. The third kappa shape index (κ3) is 4.42. The van der Waals surface area contributed by atoms with Crippen LogP contribution in [0.2, 0.25) is 5.02 Å². The number of amides is 1. The van der Waals surface area contributed by atoms with Crippen LogP contribution in [0.1, 0.15) is 15.9 Å². The molecule has 4 aromatic rings. The molecule has 6 heteroatoms. The van der Waals surface area contributed by atoms with E-state index in [2.05, 4.69) is 0 Å². The minimum absolute atomic E-state index is 0.191. The molecule has 1 heterocycles. The zero-order valence-electron chi connectivity index (χ0n) is 17.9. The summed E-state index contributed by atoms with van der Waals surface area (Å²) < 4.78 is 11.5. The van der Waals surface area contributed by atoms with Crippen molar-refractivity contribution in [3.8, 4) is 11.5 Å². The molecule has 4 aromatic carbocycles. The van der Waals surface area contributed by atoms with Crippen LogP contribution in [-0.4, -0.2) is 11.9 Å². The number of fused-ring (bicyclic) bond motifs is 1. The number of allylic oxidation sites excluding steroid dienone is 1. The Bertz CT molecular complexity index is 1340. The first kappa shape index (κ1) is 21.5. The number of carbonyl (C=O) groups excluding carboxylic acids is 2. The largest absolute Gasteiger partial charge is 0.452 e. The number of carbonyl (C=O) groups is 2. The number of hydrogen-bond donors (Lipinski definition) is 0. The van der Waals surface area contributed by atoms with E-state index in [4.69, 9.17) is 21.1 Å². The Hall–Kier alpha value is -4.35. The number of Topliss-reactive ketones (excluding diaryl/α,β-unsaturated/α-hetero) is 1. The normalized spacial score (nSPS) is 13.3. The summed E-state index contributed by atoms with van der Waals surface area (Å²) in [4.78, 5) is 27.4. The van der Waals surface area contributed by atoms with Gasteiger partial charge in [-0.25, -0.2) is 9.69 Å². The maximum Gasteiger partial charge on any atom is 0.424 e. The van der Waals surface area contributed by atoms with Crippen LogP contribution in [0.15, 0.2) is 109 Å². The van der Waals surface area contributed by atoms with Crippen LogP contribution in [0, 0.1) is 0 Å². The number of benzene rings is 4. The van der Waals surface area contributed by atoms with Crippen LogP contribution in [0.3, 0.4) is 0 Å². The fourth-order valence-electron chi connectivity index (χ4n) is 3.60. The second-order valence-electron chi connectivity index (χ2n) is 7.52. The monoisotopic (exact) mass is 467 g/mol. The van der Waals surface area contributed by atoms with Gasteiger partial charge in [-0.3, -0.25) is 4.79 Å². The van der Waals surface area contributed by atoms with Gasteiger partial charge in [-0.2, -0.15) is 0 Å². The van der Waals surface area contributed by atoms with Crippen molar-refractivity contribution in [2.75, 3.05) is 4.90 Å². The Morgan fingerprint density at radius 2 is 1.44 bits per heavy atom. The Morgan fingerprint density at radius 3 is 2.06 bits per heavy atom. The Balaban J connectivity index is 1.40. The molecule has 0 bridgehead atoms. The van der Waals surface area contributed by atoms with Gasteiger partial charge < -0.3 is 9.47 Å². The summed E-state index contributed by atoms with van der Waals surface area (Å²) in [5.41, 5.74) is 2.52. The molecular formula is C28H18ClNO4. The van der Waals surface area contributed by atoms with E-state index < -0.39 is 6.09 Å². The maximum atomic E-state index is 13.2. The summed E-state index contributed by atoms with van der Waals surface area (Å²) in [5.74, 6) is 0.552. The molecule has 0 atom stereocenters. The fourth-order valence-corrected chi connectivity index (χ4v) is 3.73. The molecule has 1 aliphatic rings. The van der Waals surface area contributed by atoms with E-state index in [1.807, 2.05) is 60.7 Å². The molecule has 0 unspecified atom stereocenters. The summed E-state index contributed by atoms with van der Waals surface area (Å²) in [6.45, 7) is 0. The summed E-state index contributed by atoms with van der Waals surface area (Å²) in [5, 5.41) is 0.607. The van der Waals surface area contributed by atoms with Crippen LogP contribution in [0.5, 0.6) is 11.5 Å². The Labute approximate surface area is 201 Å². The minimum atomic E-state index is -0.585. The molecular weight excluding hydrogens is 450 g/mol. The van der Waals surface area contributed by atoms with E-state index in [1.54, 1.807) is 48.5 Å². The lowest BCUT2D eigenvalue weighted by Gasteiger charge is -2.22. The molecule has 1 aliphatic heterocycles. The lowest BCUT2D eigenvalue weighted by Crippen LogP contribution is -2.29. The standard InChI is InChI=1S/C28H18ClNO4/c29-20-13-11-19(12-14-20)17-26-27(31)24-16-15-23(18-25(24)34-26)33-28(32)30(21-7-3-1-4-8-21)22-9-5-2-6-10-22/h1-18H. The highest BCUT2D eigenvalue weighted by atomic mass is 35.5. The zero-order valence-corrected chi connectivity index (χ0v) is 18.6. The van der Waals surface area contributed by atoms with E-state index in [1.165, 1.54) is 4.90 Å². The van der Waals surface area contributed by atoms with E-state index in [0.29, 0.717) is 27.7 Å². The summed E-state index contributed by atoms with van der Waals surface area (Å²) in [6.07, 6.45) is 1.07. The van der Waals surface area contributed by atoms with Crippen molar-refractivity contribution >= 4 is 40.9 Å². The highest BCUT2D eigenvalue weighted by Crippen LogP contribution is 2.36. The summed E-state index contributed by atoms with van der Waals surface area (Å²) in [6, 6.07) is 30.2. The van der Waals surface area contributed by atoms with Crippen LogP contribution in [-0.2, 0) is 0 Å². The van der Waals surface area contributed by atoms with E-state index in [0.717, 1.165) is 5.56 Å². The van der Waals surface area contributed by atoms with Gasteiger partial charge in [0.05, 0.1) is 16.9 Å². The van der Waals surface area contributed by atoms with E-state index in [-0.39, 0.29) is 17.3 Å². The van der Waals surface area contributed by atoms with Gasteiger partial charge in [-0.1, -0.05) is 60.1 Å². The minimum Gasteiger partial charge on any atom is -0.452 e. The van der Waals surface area contributed by atoms with Crippen LogP contribution >= 0.6 is 11.6 Å². The molecule has 0 saturated heterocycles. The molecule has 0 aliphatic carbocycles. The molecule has 34 heavy (non-hydrogen) atoms. The molecule has 0 spiro atoms. The quantitative estimate of drug-likeness (QED) is 0.295. The second-order valence-corrected chi connectivity index (χ2v) is 7.96. The van der Waals surface area contributed by atoms with Crippen LogP contribution < -0.4 is 14.4 Å². The molecule has 0 aromatic heterocycles. The SMILES string of the molecule is O=C1C(=Cc2ccc(Cl)cc2)Oc2cc(OC(=O)N(c3ccccc3)c3ccccc3)ccc21. The van der Waals surface area contributed by atoms with Crippen molar-refractivity contribution < 1.29 is 19.1 Å². The number of para-hydroxylation sites is 2. The van der Waals surface area contributed by atoms with Crippen molar-refractivity contribution in [2.24, 2.45) is 0 Å². The van der Waals surface area contributed by atoms with Gasteiger partial charge in [0.2, 0.25) is 5.78 Å². The van der Waals surface area contributed by atoms with Crippen molar-refractivity contribution in [1.82, 2.24) is 0 Å². The Kier molecular flexibility index (Phi) is 5.85. The average Bonchev–Trinajstić information content (AvgIpc) is 3.16. The van der Waals surface area contributed by atoms with Crippen LogP contribution in [0.4, 0.5) is 16.2 Å². The topological polar surface area (TPSA) is 55.8 Å². The molecule has 0 fully saturated rings. The van der Waals surface area contributed by atoms with Gasteiger partial charge in [0.1, 0.15) is 11.5 Å². The van der Waals surface area contributed by atoms with Crippen molar-refractivity contribution in [2.45, 2.75) is 0 Å². The number of nitrogens with zero attached hydrogens (tertiary/aromatic N) is 1. The third-order valence-electron chi connectivity index (χ3n) is 5.23. The van der Waals surface area contributed by atoms with Crippen LogP contribution in [0.25, 0.3) is 6.08 Å². The van der Waals surface area contributed by atoms with Gasteiger partial charge >= 0.3 is 6.09 Å². The van der Waals surface area contributed by atoms with Crippen molar-refractivity contribution in [3.05, 3.63) is 125 Å². The summed E-state index contributed by atoms with van der Waals surface area (Å²) in [7, 11) is 0. The molecule has 5 nitrogen and oxygen atoms in total. The molecule has 166 valence electrons. The van der Waals surface area contributed by atoms with Gasteiger partial charge in [0.25, 0.3) is 0 Å².